The van der Waals surface area contributed by atoms with Gasteiger partial charge in [-0.1, -0.05) is 78.3 Å². The van der Waals surface area contributed by atoms with Crippen molar-refractivity contribution >= 4 is 39.6 Å². The zero-order valence-electron chi connectivity index (χ0n) is 19.2. The Bertz CT molecular complexity index is 1240. The average Bonchev–Trinajstić information content (AvgIpc) is 3.14. The summed E-state index contributed by atoms with van der Waals surface area (Å²) >= 11 is 3.34. The molecule has 0 saturated heterocycles. The molecule has 0 aliphatic heterocycles. The molecular weight excluding hydrogens is 512 g/mol. The van der Waals surface area contributed by atoms with Crippen LogP contribution in [0.2, 0.25) is 0 Å². The lowest BCUT2D eigenvalue weighted by Gasteiger charge is -2.18. The van der Waals surface area contributed by atoms with Gasteiger partial charge in [0.25, 0.3) is 5.91 Å². The molecule has 0 spiro atoms. The van der Waals surface area contributed by atoms with E-state index in [2.05, 4.69) is 38.7 Å². The number of fused-ring (bicyclic) bond motifs is 3. The number of carboxylic acid groups (broad SMARTS) is 1. The fourth-order valence-corrected chi connectivity index (χ4v) is 4.78. The highest BCUT2D eigenvalue weighted by Crippen LogP contribution is 2.44. The number of aliphatic carboxylic acids is 1. The molecule has 3 N–H and O–H groups in total. The van der Waals surface area contributed by atoms with Gasteiger partial charge in [-0.2, -0.15) is 0 Å². The number of benzene rings is 3. The standard InChI is InChI=1S/C27H25BrN2O5/c1-15(2)24(26(32)33)30-25(31)16-11-17(28)13-18(12-16)29-27(34)35-14-23-21-9-5-3-7-19(21)20-8-4-6-10-22(20)23/h3-13,15,23-24H,14H2,1-2H3,(H,29,34)(H,30,31)(H,32,33)/t24-/m1/s1. The van der Waals surface area contributed by atoms with Crippen LogP contribution < -0.4 is 10.6 Å². The molecule has 0 fully saturated rings. The van der Waals surface area contributed by atoms with Crippen LogP contribution in [0.5, 0.6) is 0 Å². The number of carboxylic acids is 1. The summed E-state index contributed by atoms with van der Waals surface area (Å²) in [6.07, 6.45) is -0.651. The Labute approximate surface area is 211 Å². The fourth-order valence-electron chi connectivity index (χ4n) is 4.28. The second-order valence-corrected chi connectivity index (χ2v) is 9.63. The molecule has 1 atom stereocenters. The molecule has 1 aliphatic carbocycles. The number of rotatable bonds is 7. The SMILES string of the molecule is CC(C)[C@@H](NC(=O)c1cc(Br)cc(NC(=O)OCC2c3ccccc3-c3ccccc32)c1)C(=O)O. The lowest BCUT2D eigenvalue weighted by Crippen LogP contribution is -2.44. The summed E-state index contributed by atoms with van der Waals surface area (Å²) in [6, 6.07) is 19.8. The van der Waals surface area contributed by atoms with E-state index in [1.807, 2.05) is 36.4 Å². The molecule has 0 aromatic heterocycles. The molecule has 7 nitrogen and oxygen atoms in total. The first-order chi connectivity index (χ1) is 16.7. The molecule has 3 aromatic rings. The third-order valence-corrected chi connectivity index (χ3v) is 6.43. The van der Waals surface area contributed by atoms with Crippen molar-refractivity contribution < 1.29 is 24.2 Å². The lowest BCUT2D eigenvalue weighted by molar-refractivity contribution is -0.140. The highest BCUT2D eigenvalue weighted by molar-refractivity contribution is 9.10. The van der Waals surface area contributed by atoms with Crippen molar-refractivity contribution in [1.82, 2.24) is 5.32 Å². The van der Waals surface area contributed by atoms with Crippen LogP contribution in [0.4, 0.5) is 10.5 Å². The number of hydrogen-bond acceptors (Lipinski definition) is 4. The van der Waals surface area contributed by atoms with Gasteiger partial charge in [-0.15, -0.1) is 0 Å². The average molecular weight is 537 g/mol. The van der Waals surface area contributed by atoms with Gasteiger partial charge in [-0.3, -0.25) is 10.1 Å². The highest BCUT2D eigenvalue weighted by atomic mass is 79.9. The van der Waals surface area contributed by atoms with Gasteiger partial charge in [-0.05, 0) is 46.4 Å². The molecule has 2 amide bonds. The minimum absolute atomic E-state index is 0.0685. The Balaban J connectivity index is 1.44. The lowest BCUT2D eigenvalue weighted by atomic mass is 9.98. The number of carbonyl (C=O) groups is 3. The van der Waals surface area contributed by atoms with Crippen LogP contribution in [0.3, 0.4) is 0 Å². The maximum Gasteiger partial charge on any atom is 0.411 e. The zero-order chi connectivity index (χ0) is 25.1. The molecular formula is C27H25BrN2O5. The van der Waals surface area contributed by atoms with E-state index in [1.165, 1.54) is 6.07 Å². The summed E-state index contributed by atoms with van der Waals surface area (Å²) in [5, 5.41) is 14.5. The summed E-state index contributed by atoms with van der Waals surface area (Å²) in [7, 11) is 0. The topological polar surface area (TPSA) is 105 Å². The van der Waals surface area contributed by atoms with Crippen LogP contribution in [0.1, 0.15) is 41.3 Å². The van der Waals surface area contributed by atoms with Gasteiger partial charge in [0.1, 0.15) is 12.6 Å². The Hall–Kier alpha value is -3.65. The molecule has 0 heterocycles. The third kappa shape index (κ3) is 5.38. The van der Waals surface area contributed by atoms with Gasteiger partial charge in [-0.25, -0.2) is 9.59 Å². The number of hydrogen-bond donors (Lipinski definition) is 3. The van der Waals surface area contributed by atoms with E-state index in [0.29, 0.717) is 10.2 Å². The normalized spacial score (nSPS) is 13.0. The Morgan fingerprint density at radius 2 is 1.57 bits per heavy atom. The molecule has 3 aromatic carbocycles. The Kier molecular flexibility index (Phi) is 7.21. The number of halogens is 1. The number of nitrogens with one attached hydrogen (secondary N) is 2. The monoisotopic (exact) mass is 536 g/mol. The molecule has 0 saturated carbocycles. The molecule has 8 heteroatoms. The summed E-state index contributed by atoms with van der Waals surface area (Å²) in [5.74, 6) is -2.02. The van der Waals surface area contributed by atoms with Crippen molar-refractivity contribution in [2.75, 3.05) is 11.9 Å². The van der Waals surface area contributed by atoms with Gasteiger partial charge < -0.3 is 15.2 Å². The fraction of sp³-hybridized carbons (Fsp3) is 0.222. The van der Waals surface area contributed by atoms with Gasteiger partial charge >= 0.3 is 12.1 Å². The van der Waals surface area contributed by atoms with E-state index in [1.54, 1.807) is 26.0 Å². The van der Waals surface area contributed by atoms with Crippen LogP contribution in [0.25, 0.3) is 11.1 Å². The minimum Gasteiger partial charge on any atom is -0.480 e. The molecule has 4 rings (SSSR count). The minimum atomic E-state index is -1.11. The van der Waals surface area contributed by atoms with E-state index in [0.717, 1.165) is 22.3 Å². The molecule has 180 valence electrons. The van der Waals surface area contributed by atoms with E-state index in [-0.39, 0.29) is 24.0 Å². The van der Waals surface area contributed by atoms with E-state index < -0.39 is 24.0 Å². The van der Waals surface area contributed by atoms with E-state index >= 15 is 0 Å². The molecule has 0 radical (unpaired) electrons. The maximum atomic E-state index is 12.6. The summed E-state index contributed by atoms with van der Waals surface area (Å²) in [4.78, 5) is 36.7. The quantitative estimate of drug-likeness (QED) is 0.362. The largest absolute Gasteiger partial charge is 0.480 e. The van der Waals surface area contributed by atoms with Crippen molar-refractivity contribution in [2.24, 2.45) is 5.92 Å². The van der Waals surface area contributed by atoms with Crippen LogP contribution in [0.15, 0.2) is 71.2 Å². The smallest absolute Gasteiger partial charge is 0.411 e. The number of ether oxygens (including phenoxy) is 1. The number of anilines is 1. The first-order valence-electron chi connectivity index (χ1n) is 11.2. The predicted octanol–water partition coefficient (Wildman–Crippen LogP) is 5.65. The van der Waals surface area contributed by atoms with Gasteiger partial charge in [0.05, 0.1) is 0 Å². The Morgan fingerprint density at radius 3 is 2.14 bits per heavy atom. The predicted molar refractivity (Wildman–Crippen MR) is 137 cm³/mol. The van der Waals surface area contributed by atoms with E-state index in [4.69, 9.17) is 4.74 Å². The van der Waals surface area contributed by atoms with Crippen LogP contribution in [-0.4, -0.2) is 35.7 Å². The van der Waals surface area contributed by atoms with Crippen LogP contribution in [-0.2, 0) is 9.53 Å². The van der Waals surface area contributed by atoms with Crippen molar-refractivity contribution in [3.8, 4) is 11.1 Å². The van der Waals surface area contributed by atoms with Gasteiger partial charge in [0, 0.05) is 21.6 Å². The van der Waals surface area contributed by atoms with Crippen molar-refractivity contribution in [2.45, 2.75) is 25.8 Å². The van der Waals surface area contributed by atoms with Crippen molar-refractivity contribution in [3.05, 3.63) is 87.9 Å². The molecule has 0 bridgehead atoms. The van der Waals surface area contributed by atoms with Crippen molar-refractivity contribution in [1.29, 1.82) is 0 Å². The maximum absolute atomic E-state index is 12.6. The third-order valence-electron chi connectivity index (χ3n) is 5.97. The second kappa shape index (κ2) is 10.3. The van der Waals surface area contributed by atoms with Crippen molar-refractivity contribution in [3.63, 3.8) is 0 Å². The zero-order valence-corrected chi connectivity index (χ0v) is 20.8. The van der Waals surface area contributed by atoms with Gasteiger partial charge in [0.2, 0.25) is 0 Å². The summed E-state index contributed by atoms with van der Waals surface area (Å²) < 4.78 is 6.12. The highest BCUT2D eigenvalue weighted by Gasteiger charge is 2.29. The summed E-state index contributed by atoms with van der Waals surface area (Å²) in [6.45, 7) is 3.59. The summed E-state index contributed by atoms with van der Waals surface area (Å²) in [5.41, 5.74) is 5.06. The van der Waals surface area contributed by atoms with Crippen LogP contribution in [0, 0.1) is 5.92 Å². The number of amides is 2. The molecule has 0 unspecified atom stereocenters. The first kappa shape index (κ1) is 24.5. The molecule has 35 heavy (non-hydrogen) atoms. The number of carbonyl (C=O) groups excluding carboxylic acids is 2. The second-order valence-electron chi connectivity index (χ2n) is 8.71. The first-order valence-corrected chi connectivity index (χ1v) is 12.0. The molecule has 1 aliphatic rings. The van der Waals surface area contributed by atoms with Gasteiger partial charge in [0.15, 0.2) is 0 Å². The van der Waals surface area contributed by atoms with Crippen LogP contribution >= 0.6 is 15.9 Å². The van der Waals surface area contributed by atoms with E-state index in [9.17, 15) is 19.5 Å². The Morgan fingerprint density at radius 1 is 0.971 bits per heavy atom.